The first kappa shape index (κ1) is 10.3. The van der Waals surface area contributed by atoms with Crippen LogP contribution >= 0.6 is 23.4 Å². The van der Waals surface area contributed by atoms with Crippen LogP contribution in [0.5, 0.6) is 0 Å². The van der Waals surface area contributed by atoms with E-state index in [0.29, 0.717) is 0 Å². The van der Waals surface area contributed by atoms with Crippen molar-refractivity contribution in [1.29, 1.82) is 0 Å². The van der Waals surface area contributed by atoms with Crippen molar-refractivity contribution in [2.24, 2.45) is 0 Å². The summed E-state index contributed by atoms with van der Waals surface area (Å²) in [5.41, 5.74) is -0.269. The van der Waals surface area contributed by atoms with Gasteiger partial charge < -0.3 is 0 Å². The van der Waals surface area contributed by atoms with Crippen LogP contribution in [-0.2, 0) is 0 Å². The SMILES string of the molecule is CSc1cnn(-c2n[nH]c(Cl)cc2=O)c1. The molecule has 0 bridgehead atoms. The molecule has 0 spiro atoms. The smallest absolute Gasteiger partial charge is 0.227 e. The molecule has 0 saturated heterocycles. The number of hydrogen-bond acceptors (Lipinski definition) is 4. The second kappa shape index (κ2) is 4.08. The van der Waals surface area contributed by atoms with Gasteiger partial charge in [0.2, 0.25) is 11.2 Å². The maximum atomic E-state index is 11.5. The lowest BCUT2D eigenvalue weighted by Gasteiger charge is -1.97. The van der Waals surface area contributed by atoms with Gasteiger partial charge >= 0.3 is 0 Å². The number of rotatable bonds is 2. The van der Waals surface area contributed by atoms with Crippen molar-refractivity contribution in [3.63, 3.8) is 0 Å². The Balaban J connectivity index is 2.49. The Labute approximate surface area is 94.5 Å². The Morgan fingerprint density at radius 1 is 1.60 bits per heavy atom. The molecule has 0 amide bonds. The zero-order valence-electron chi connectivity index (χ0n) is 7.77. The molecule has 78 valence electrons. The van der Waals surface area contributed by atoms with Gasteiger partial charge in [-0.25, -0.2) is 4.68 Å². The van der Waals surface area contributed by atoms with E-state index in [0.717, 1.165) is 4.90 Å². The Morgan fingerprint density at radius 3 is 3.00 bits per heavy atom. The molecule has 2 aromatic rings. The van der Waals surface area contributed by atoms with Crippen molar-refractivity contribution in [1.82, 2.24) is 20.0 Å². The highest BCUT2D eigenvalue weighted by atomic mass is 35.5. The molecule has 0 unspecified atom stereocenters. The van der Waals surface area contributed by atoms with Gasteiger partial charge in [-0.3, -0.25) is 9.89 Å². The van der Waals surface area contributed by atoms with E-state index < -0.39 is 0 Å². The number of nitrogens with one attached hydrogen (secondary N) is 1. The number of nitrogens with zero attached hydrogens (tertiary/aromatic N) is 3. The molecular weight excluding hydrogens is 236 g/mol. The normalized spacial score (nSPS) is 10.5. The van der Waals surface area contributed by atoms with E-state index in [1.54, 1.807) is 24.2 Å². The van der Waals surface area contributed by atoms with Gasteiger partial charge in [-0.1, -0.05) is 11.6 Å². The van der Waals surface area contributed by atoms with Gasteiger partial charge in [-0.05, 0) is 6.26 Å². The summed E-state index contributed by atoms with van der Waals surface area (Å²) in [6.45, 7) is 0. The molecule has 0 saturated carbocycles. The van der Waals surface area contributed by atoms with Crippen molar-refractivity contribution in [3.05, 3.63) is 33.8 Å². The van der Waals surface area contributed by atoms with E-state index in [1.165, 1.54) is 10.7 Å². The number of aromatic nitrogens is 4. The molecule has 5 nitrogen and oxygen atoms in total. The molecule has 0 radical (unpaired) electrons. The Kier molecular flexibility index (Phi) is 2.79. The summed E-state index contributed by atoms with van der Waals surface area (Å²) in [5.74, 6) is 0.208. The number of hydrogen-bond donors (Lipinski definition) is 1. The summed E-state index contributed by atoms with van der Waals surface area (Å²) in [5, 5.41) is 10.6. The average molecular weight is 243 g/mol. The molecule has 2 aromatic heterocycles. The van der Waals surface area contributed by atoms with E-state index in [2.05, 4.69) is 15.3 Å². The first-order valence-corrected chi connectivity index (χ1v) is 5.65. The molecule has 0 aliphatic carbocycles. The van der Waals surface area contributed by atoms with E-state index in [1.807, 2.05) is 6.26 Å². The Morgan fingerprint density at radius 2 is 2.40 bits per heavy atom. The number of halogens is 1. The van der Waals surface area contributed by atoms with Gasteiger partial charge in [0, 0.05) is 17.2 Å². The maximum Gasteiger partial charge on any atom is 0.227 e. The zero-order valence-corrected chi connectivity index (χ0v) is 9.34. The summed E-state index contributed by atoms with van der Waals surface area (Å²) in [6, 6.07) is 1.27. The van der Waals surface area contributed by atoms with E-state index in [4.69, 9.17) is 11.6 Å². The third-order valence-corrected chi connectivity index (χ3v) is 2.63. The minimum atomic E-state index is -0.269. The second-order valence-corrected chi connectivity index (χ2v) is 4.02. The third kappa shape index (κ3) is 2.05. The Bertz CT molecular complexity index is 535. The van der Waals surface area contributed by atoms with Crippen LogP contribution in [-0.4, -0.2) is 26.2 Å². The number of H-pyrrole nitrogens is 1. The molecule has 2 heterocycles. The average Bonchev–Trinajstić information content (AvgIpc) is 2.66. The van der Waals surface area contributed by atoms with Crippen LogP contribution in [0.25, 0.3) is 5.82 Å². The molecule has 0 fully saturated rings. The highest BCUT2D eigenvalue weighted by Gasteiger charge is 2.06. The van der Waals surface area contributed by atoms with Crippen LogP contribution in [0.4, 0.5) is 0 Å². The predicted octanol–water partition coefficient (Wildman–Crippen LogP) is 1.33. The lowest BCUT2D eigenvalue weighted by molar-refractivity contribution is 0.804. The number of aromatic amines is 1. The quantitative estimate of drug-likeness (QED) is 0.807. The fraction of sp³-hybridized carbons (Fsp3) is 0.125. The number of thioether (sulfide) groups is 1. The molecule has 0 aromatic carbocycles. The van der Waals surface area contributed by atoms with Crippen LogP contribution < -0.4 is 5.43 Å². The molecule has 15 heavy (non-hydrogen) atoms. The van der Waals surface area contributed by atoms with Crippen molar-refractivity contribution in [3.8, 4) is 5.82 Å². The predicted molar refractivity (Wildman–Crippen MR) is 58.8 cm³/mol. The lowest BCUT2D eigenvalue weighted by Crippen LogP contribution is -2.14. The van der Waals surface area contributed by atoms with Crippen molar-refractivity contribution in [2.75, 3.05) is 6.26 Å². The standard InChI is InChI=1S/C8H7ClN4OS/c1-15-5-3-10-13(4-5)8-6(14)2-7(9)11-12-8/h2-4H,1H3,(H,11,14). The van der Waals surface area contributed by atoms with Crippen LogP contribution in [0.15, 0.2) is 28.2 Å². The molecular formula is C8H7ClN4OS. The van der Waals surface area contributed by atoms with Crippen molar-refractivity contribution < 1.29 is 0 Å². The van der Waals surface area contributed by atoms with Crippen LogP contribution in [0.3, 0.4) is 0 Å². The first-order valence-electron chi connectivity index (χ1n) is 4.05. The van der Waals surface area contributed by atoms with Crippen LogP contribution in [0.2, 0.25) is 5.15 Å². The summed E-state index contributed by atoms with van der Waals surface area (Å²) in [4.78, 5) is 12.5. The summed E-state index contributed by atoms with van der Waals surface area (Å²) in [6.07, 6.45) is 5.33. The fourth-order valence-electron chi connectivity index (χ4n) is 1.07. The van der Waals surface area contributed by atoms with Gasteiger partial charge in [-0.2, -0.15) is 10.2 Å². The topological polar surface area (TPSA) is 63.6 Å². The highest BCUT2D eigenvalue weighted by molar-refractivity contribution is 7.98. The molecule has 0 aliphatic heterocycles. The zero-order chi connectivity index (χ0) is 10.8. The molecule has 7 heteroatoms. The molecule has 0 atom stereocenters. The summed E-state index contributed by atoms with van der Waals surface area (Å²) >= 11 is 7.13. The van der Waals surface area contributed by atoms with Gasteiger partial charge in [0.15, 0.2) is 0 Å². The second-order valence-electron chi connectivity index (χ2n) is 2.73. The van der Waals surface area contributed by atoms with Gasteiger partial charge in [-0.15, -0.1) is 11.8 Å². The molecule has 1 N–H and O–H groups in total. The first-order chi connectivity index (χ1) is 7.20. The van der Waals surface area contributed by atoms with E-state index >= 15 is 0 Å². The minimum absolute atomic E-state index is 0.208. The molecule has 0 aliphatic rings. The monoisotopic (exact) mass is 242 g/mol. The summed E-state index contributed by atoms with van der Waals surface area (Å²) < 4.78 is 1.42. The highest BCUT2D eigenvalue weighted by Crippen LogP contribution is 2.13. The van der Waals surface area contributed by atoms with Crippen molar-refractivity contribution in [2.45, 2.75) is 4.90 Å². The third-order valence-electron chi connectivity index (χ3n) is 1.76. The van der Waals surface area contributed by atoms with E-state index in [9.17, 15) is 4.79 Å². The lowest BCUT2D eigenvalue weighted by atomic mass is 10.5. The van der Waals surface area contributed by atoms with E-state index in [-0.39, 0.29) is 16.4 Å². The Hall–Kier alpha value is -1.27. The van der Waals surface area contributed by atoms with Crippen LogP contribution in [0.1, 0.15) is 0 Å². The largest absolute Gasteiger partial charge is 0.286 e. The van der Waals surface area contributed by atoms with Crippen molar-refractivity contribution >= 4 is 23.4 Å². The van der Waals surface area contributed by atoms with Gasteiger partial charge in [0.25, 0.3) is 0 Å². The maximum absolute atomic E-state index is 11.5. The van der Waals surface area contributed by atoms with Gasteiger partial charge in [0.05, 0.1) is 6.20 Å². The van der Waals surface area contributed by atoms with Gasteiger partial charge in [0.1, 0.15) is 5.15 Å². The molecule has 2 rings (SSSR count). The fourth-order valence-corrected chi connectivity index (χ4v) is 1.56. The summed E-state index contributed by atoms with van der Waals surface area (Å²) in [7, 11) is 0. The minimum Gasteiger partial charge on any atom is -0.286 e. The van der Waals surface area contributed by atoms with Crippen LogP contribution in [0, 0.1) is 0 Å².